The summed E-state index contributed by atoms with van der Waals surface area (Å²) in [7, 11) is -3.23. The van der Waals surface area contributed by atoms with Crippen molar-refractivity contribution < 1.29 is 26.8 Å². The standard InChI is InChI=1S/C34H42F2N2O4S/c1-43(41,42)29-11-8-25(9-12-29)7-10-28-23-33(24-31(28)39)18-21-38(22-19-33)20-15-30(26-5-3-2-4-6-26)37-32(40)27-13-16-34(35,36)17-14-27/h2-6,8-12,27,30H,7,13-24H2,1H3,(H,37,40)/t30-/m0/s1. The molecule has 5 rings (SSSR count). The number of sulfone groups is 1. The molecule has 2 aliphatic carbocycles. The Labute approximate surface area is 253 Å². The van der Waals surface area contributed by atoms with E-state index in [2.05, 4.69) is 10.2 Å². The van der Waals surface area contributed by atoms with E-state index in [9.17, 15) is 26.8 Å². The number of halogens is 2. The predicted octanol–water partition coefficient (Wildman–Crippen LogP) is 6.08. The topological polar surface area (TPSA) is 83.6 Å². The van der Waals surface area contributed by atoms with E-state index in [0.29, 0.717) is 17.7 Å². The molecule has 1 heterocycles. The predicted molar refractivity (Wildman–Crippen MR) is 163 cm³/mol. The second-order valence-electron chi connectivity index (χ2n) is 12.9. The molecular formula is C34H42F2N2O4S. The molecule has 0 unspecified atom stereocenters. The van der Waals surface area contributed by atoms with Crippen LogP contribution in [0, 0.1) is 11.3 Å². The van der Waals surface area contributed by atoms with Gasteiger partial charge in [-0.2, -0.15) is 0 Å². The zero-order valence-electron chi connectivity index (χ0n) is 24.9. The molecule has 0 radical (unpaired) electrons. The first kappa shape index (κ1) is 31.5. The van der Waals surface area contributed by atoms with Gasteiger partial charge in [0, 0.05) is 38.0 Å². The van der Waals surface area contributed by atoms with Gasteiger partial charge in [0.2, 0.25) is 11.8 Å². The van der Waals surface area contributed by atoms with Crippen LogP contribution in [-0.4, -0.2) is 56.8 Å². The van der Waals surface area contributed by atoms with Gasteiger partial charge in [-0.15, -0.1) is 0 Å². The fourth-order valence-corrected chi connectivity index (χ4v) is 7.47. The first-order valence-electron chi connectivity index (χ1n) is 15.4. The molecule has 1 atom stereocenters. The molecule has 6 nitrogen and oxygen atoms in total. The van der Waals surface area contributed by atoms with Gasteiger partial charge in [-0.1, -0.05) is 48.5 Å². The number of amides is 1. The van der Waals surface area contributed by atoms with E-state index in [4.69, 9.17) is 0 Å². The quantitative estimate of drug-likeness (QED) is 0.347. The molecule has 0 bridgehead atoms. The van der Waals surface area contributed by atoms with Crippen LogP contribution in [0.5, 0.6) is 0 Å². The van der Waals surface area contributed by atoms with Gasteiger partial charge in [0.15, 0.2) is 15.6 Å². The van der Waals surface area contributed by atoms with Crippen LogP contribution in [0.2, 0.25) is 0 Å². The lowest BCUT2D eigenvalue weighted by Gasteiger charge is -2.39. The summed E-state index contributed by atoms with van der Waals surface area (Å²) in [5, 5.41) is 3.18. The summed E-state index contributed by atoms with van der Waals surface area (Å²) >= 11 is 0. The second-order valence-corrected chi connectivity index (χ2v) is 14.9. The Bertz CT molecular complexity index is 1420. The number of carbonyl (C=O) groups is 2. The van der Waals surface area contributed by atoms with Crippen LogP contribution >= 0.6 is 0 Å². The molecule has 2 aromatic rings. The Hall–Kier alpha value is -2.91. The highest BCUT2D eigenvalue weighted by Gasteiger charge is 2.43. The molecule has 2 saturated carbocycles. The Morgan fingerprint density at radius 3 is 2.28 bits per heavy atom. The third kappa shape index (κ3) is 8.18. The minimum Gasteiger partial charge on any atom is -0.349 e. The van der Waals surface area contributed by atoms with E-state index in [1.54, 1.807) is 24.3 Å². The molecular weight excluding hydrogens is 570 g/mol. The van der Waals surface area contributed by atoms with Crippen LogP contribution in [-0.2, 0) is 25.8 Å². The number of piperidine rings is 1. The van der Waals surface area contributed by atoms with E-state index in [-0.39, 0.29) is 54.7 Å². The van der Waals surface area contributed by atoms with Crippen molar-refractivity contribution in [2.75, 3.05) is 25.9 Å². The fraction of sp³-hybridized carbons (Fsp3) is 0.529. The summed E-state index contributed by atoms with van der Waals surface area (Å²) in [5.41, 5.74) is 2.88. The van der Waals surface area contributed by atoms with Crippen LogP contribution in [0.15, 0.2) is 71.1 Å². The van der Waals surface area contributed by atoms with Gasteiger partial charge in [0.25, 0.3) is 0 Å². The summed E-state index contributed by atoms with van der Waals surface area (Å²) in [5.74, 6) is -2.93. The van der Waals surface area contributed by atoms with Gasteiger partial charge in [-0.3, -0.25) is 9.59 Å². The molecule has 3 aliphatic rings. The third-order valence-corrected chi connectivity index (χ3v) is 10.8. The molecule has 1 amide bonds. The van der Waals surface area contributed by atoms with Crippen LogP contribution in [0.25, 0.3) is 0 Å². The van der Waals surface area contributed by atoms with E-state index in [0.717, 1.165) is 62.0 Å². The van der Waals surface area contributed by atoms with Crippen molar-refractivity contribution in [1.29, 1.82) is 0 Å². The molecule has 3 fully saturated rings. The number of likely N-dealkylation sites (tertiary alicyclic amines) is 1. The minimum atomic E-state index is -3.23. The number of ketones is 1. The smallest absolute Gasteiger partial charge is 0.248 e. The number of hydrogen-bond acceptors (Lipinski definition) is 5. The van der Waals surface area contributed by atoms with Gasteiger partial charge in [-0.05, 0) is 92.3 Å². The maximum absolute atomic E-state index is 13.6. The maximum atomic E-state index is 13.6. The lowest BCUT2D eigenvalue weighted by Crippen LogP contribution is -2.42. The number of alkyl halides is 2. The summed E-state index contributed by atoms with van der Waals surface area (Å²) in [4.78, 5) is 28.7. The van der Waals surface area contributed by atoms with Gasteiger partial charge < -0.3 is 10.2 Å². The summed E-state index contributed by atoms with van der Waals surface area (Å²) < 4.78 is 50.7. The van der Waals surface area contributed by atoms with Crippen molar-refractivity contribution in [2.45, 2.75) is 81.1 Å². The monoisotopic (exact) mass is 612 g/mol. The minimum absolute atomic E-state index is 0.00431. The Morgan fingerprint density at radius 1 is 1.00 bits per heavy atom. The van der Waals surface area contributed by atoms with Gasteiger partial charge in [-0.25, -0.2) is 17.2 Å². The number of Topliss-reactive ketones (excluding diaryl/α,β-unsaturated/α-hetero) is 1. The first-order chi connectivity index (χ1) is 20.4. The largest absolute Gasteiger partial charge is 0.349 e. The Balaban J connectivity index is 1.13. The van der Waals surface area contributed by atoms with E-state index >= 15 is 0 Å². The highest BCUT2D eigenvalue weighted by Crippen LogP contribution is 2.47. The van der Waals surface area contributed by atoms with Gasteiger partial charge >= 0.3 is 0 Å². The van der Waals surface area contributed by atoms with Crippen LogP contribution < -0.4 is 5.32 Å². The van der Waals surface area contributed by atoms with Gasteiger partial charge in [0.05, 0.1) is 10.9 Å². The number of allylic oxidation sites excluding steroid dienone is 2. The first-order valence-corrected chi connectivity index (χ1v) is 17.3. The molecule has 43 heavy (non-hydrogen) atoms. The van der Waals surface area contributed by atoms with Gasteiger partial charge in [0.1, 0.15) is 0 Å². The van der Waals surface area contributed by atoms with Crippen LogP contribution in [0.1, 0.15) is 75.0 Å². The number of carbonyl (C=O) groups excluding carboxylic acids is 2. The van der Waals surface area contributed by atoms with Crippen molar-refractivity contribution in [1.82, 2.24) is 10.2 Å². The average Bonchev–Trinajstić information content (AvgIpc) is 3.29. The van der Waals surface area contributed by atoms with Crippen molar-refractivity contribution >= 4 is 21.5 Å². The highest BCUT2D eigenvalue weighted by atomic mass is 32.2. The van der Waals surface area contributed by atoms with Crippen LogP contribution in [0.3, 0.4) is 0 Å². The molecule has 2 aromatic carbocycles. The molecule has 1 aliphatic heterocycles. The van der Waals surface area contributed by atoms with Crippen molar-refractivity contribution in [3.8, 4) is 0 Å². The molecule has 232 valence electrons. The molecule has 9 heteroatoms. The average molecular weight is 613 g/mol. The van der Waals surface area contributed by atoms with E-state index < -0.39 is 15.8 Å². The number of hydrogen-bond donors (Lipinski definition) is 1. The summed E-state index contributed by atoms with van der Waals surface area (Å²) in [6, 6.07) is 16.5. The SMILES string of the molecule is CS(=O)(=O)c1ccc(CC=C2CC3(CCN(CC[C@H](NC(=O)C4CCC(F)(F)CC4)c4ccccc4)CC3)CC2=O)cc1. The van der Waals surface area contributed by atoms with Crippen LogP contribution in [0.4, 0.5) is 8.78 Å². The van der Waals surface area contributed by atoms with Crippen molar-refractivity contribution in [3.05, 3.63) is 77.4 Å². The fourth-order valence-electron chi connectivity index (χ4n) is 6.83. The van der Waals surface area contributed by atoms with E-state index in [1.165, 1.54) is 6.26 Å². The molecule has 1 saturated heterocycles. The lowest BCUT2D eigenvalue weighted by molar-refractivity contribution is -0.130. The zero-order valence-corrected chi connectivity index (χ0v) is 25.7. The zero-order chi connectivity index (χ0) is 30.7. The maximum Gasteiger partial charge on any atom is 0.248 e. The third-order valence-electron chi connectivity index (χ3n) is 9.65. The van der Waals surface area contributed by atoms with Crippen molar-refractivity contribution in [2.24, 2.45) is 11.3 Å². The molecule has 1 spiro atoms. The molecule has 0 aromatic heterocycles. The Morgan fingerprint density at radius 2 is 1.65 bits per heavy atom. The summed E-state index contributed by atoms with van der Waals surface area (Å²) in [6.45, 7) is 2.58. The number of nitrogens with zero attached hydrogens (tertiary/aromatic N) is 1. The highest BCUT2D eigenvalue weighted by molar-refractivity contribution is 7.90. The number of rotatable bonds is 9. The normalized spacial score (nSPS) is 22.6. The Kier molecular flexibility index (Phi) is 9.52. The van der Waals surface area contributed by atoms with E-state index in [1.807, 2.05) is 36.4 Å². The van der Waals surface area contributed by atoms with Crippen molar-refractivity contribution in [3.63, 3.8) is 0 Å². The lowest BCUT2D eigenvalue weighted by atomic mass is 9.76. The molecule has 1 N–H and O–H groups in total. The number of nitrogens with one attached hydrogen (secondary N) is 1. The number of benzene rings is 2. The summed E-state index contributed by atoms with van der Waals surface area (Å²) in [6.07, 6.45) is 7.76. The second kappa shape index (κ2) is 13.0.